The maximum atomic E-state index is 3.18. The van der Waals surface area contributed by atoms with Gasteiger partial charge < -0.3 is 0 Å². The first-order valence-corrected chi connectivity index (χ1v) is 10.1. The largest absolute Gasteiger partial charge is 0.127 e. The molecule has 3 aromatic carbocycles. The van der Waals surface area contributed by atoms with Gasteiger partial charge in [-0.05, 0) is 82.6 Å². The molecule has 0 amide bonds. The van der Waals surface area contributed by atoms with E-state index in [2.05, 4.69) is 72.2 Å². The Hall–Kier alpha value is -2.78. The predicted octanol–water partition coefficient (Wildman–Crippen LogP) is 7.17. The Labute approximate surface area is 160 Å². The van der Waals surface area contributed by atoms with Crippen LogP contribution in [0.4, 0.5) is 0 Å². The zero-order chi connectivity index (χ0) is 17.7. The fourth-order valence-electron chi connectivity index (χ4n) is 3.50. The molecule has 0 aliphatic heterocycles. The maximum absolute atomic E-state index is 3.18. The van der Waals surface area contributed by atoms with Crippen molar-refractivity contribution in [2.24, 2.45) is 0 Å². The van der Waals surface area contributed by atoms with Gasteiger partial charge in [0, 0.05) is 9.40 Å². The Morgan fingerprint density at radius 2 is 1.04 bits per heavy atom. The van der Waals surface area contributed by atoms with Gasteiger partial charge in [-0.15, -0.1) is 34.5 Å². The fourth-order valence-corrected chi connectivity index (χ4v) is 5.48. The van der Waals surface area contributed by atoms with Crippen LogP contribution in [0.3, 0.4) is 0 Å². The third kappa shape index (κ3) is 2.39. The van der Waals surface area contributed by atoms with Crippen LogP contribution in [0.25, 0.3) is 41.7 Å². The van der Waals surface area contributed by atoms with Crippen molar-refractivity contribution in [2.45, 2.75) is 13.8 Å². The van der Waals surface area contributed by atoms with E-state index >= 15 is 0 Å². The van der Waals surface area contributed by atoms with E-state index in [1.165, 1.54) is 41.7 Å². The summed E-state index contributed by atoms with van der Waals surface area (Å²) < 4.78 is 2.60. The maximum Gasteiger partial charge on any atom is 0.0780 e. The molecule has 2 aromatic heterocycles. The monoisotopic (exact) mass is 366 g/mol. The van der Waals surface area contributed by atoms with Crippen LogP contribution in [0.5, 0.6) is 0 Å². The van der Waals surface area contributed by atoms with Crippen LogP contribution >= 0.6 is 22.7 Å². The fraction of sp³-hybridized carbons (Fsp3) is 0.0833. The van der Waals surface area contributed by atoms with Crippen molar-refractivity contribution in [3.63, 3.8) is 0 Å². The lowest BCUT2D eigenvalue weighted by Gasteiger charge is -2.05. The van der Waals surface area contributed by atoms with E-state index in [1.807, 2.05) is 13.8 Å². The van der Waals surface area contributed by atoms with Crippen LogP contribution in [0, 0.1) is 23.7 Å². The van der Waals surface area contributed by atoms with E-state index in [-0.39, 0.29) is 0 Å². The molecule has 0 radical (unpaired) electrons. The summed E-state index contributed by atoms with van der Waals surface area (Å²) in [6.07, 6.45) is 0. The molecule has 0 saturated carbocycles. The van der Waals surface area contributed by atoms with Gasteiger partial charge in [0.15, 0.2) is 0 Å². The molecule has 2 heterocycles. The van der Waals surface area contributed by atoms with E-state index in [4.69, 9.17) is 0 Å². The minimum atomic E-state index is 1.13. The Kier molecular flexibility index (Phi) is 3.50. The van der Waals surface area contributed by atoms with Gasteiger partial charge in [-0.2, -0.15) is 0 Å². The average Bonchev–Trinajstić information content (AvgIpc) is 3.20. The van der Waals surface area contributed by atoms with Crippen molar-refractivity contribution in [1.82, 2.24) is 0 Å². The van der Waals surface area contributed by atoms with Crippen LogP contribution in [0.15, 0.2) is 48.5 Å². The summed E-state index contributed by atoms with van der Waals surface area (Å²) in [5, 5.41) is 7.73. The number of thiophene rings is 2. The van der Waals surface area contributed by atoms with Crippen molar-refractivity contribution < 1.29 is 0 Å². The molecule has 0 atom stereocenters. The third-order valence-electron chi connectivity index (χ3n) is 4.61. The van der Waals surface area contributed by atoms with Crippen molar-refractivity contribution in [3.8, 4) is 23.7 Å². The van der Waals surface area contributed by atoms with Gasteiger partial charge in [0.2, 0.25) is 0 Å². The first kappa shape index (κ1) is 15.5. The summed E-state index contributed by atoms with van der Waals surface area (Å²) in [6.45, 7) is 3.77. The van der Waals surface area contributed by atoms with Crippen molar-refractivity contribution in [3.05, 3.63) is 58.3 Å². The highest BCUT2D eigenvalue weighted by molar-refractivity contribution is 7.20. The van der Waals surface area contributed by atoms with Crippen LogP contribution in [-0.4, -0.2) is 0 Å². The van der Waals surface area contributed by atoms with Crippen molar-refractivity contribution >= 4 is 64.4 Å². The lowest BCUT2D eigenvalue weighted by Crippen LogP contribution is -1.78. The number of benzene rings is 3. The van der Waals surface area contributed by atoms with Gasteiger partial charge in [0.25, 0.3) is 0 Å². The van der Waals surface area contributed by atoms with Crippen LogP contribution in [-0.2, 0) is 0 Å². The van der Waals surface area contributed by atoms with Gasteiger partial charge >= 0.3 is 0 Å². The molecule has 0 nitrogen and oxygen atoms in total. The number of rotatable bonds is 0. The zero-order valence-electron chi connectivity index (χ0n) is 14.4. The normalized spacial score (nSPS) is 10.8. The quantitative estimate of drug-likeness (QED) is 0.201. The highest BCUT2D eigenvalue weighted by Crippen LogP contribution is 2.36. The average molecular weight is 367 g/mol. The molecule has 2 heteroatoms. The number of hydrogen-bond donors (Lipinski definition) is 0. The number of hydrogen-bond acceptors (Lipinski definition) is 2. The Balaban J connectivity index is 1.85. The second kappa shape index (κ2) is 5.89. The standard InChI is InChI=1S/C24H14S2/c1-3-5-19-11-17-9-15-7-8-16-10-18-12-20(6-4-2)26-24(18)14-22(16)21(15)13-23(17)25-19/h7-14H,1-2H3. The molecule has 0 saturated heterocycles. The van der Waals surface area contributed by atoms with Gasteiger partial charge in [-0.3, -0.25) is 0 Å². The second-order valence-corrected chi connectivity index (χ2v) is 8.43. The highest BCUT2D eigenvalue weighted by Gasteiger charge is 2.08. The smallest absolute Gasteiger partial charge is 0.0780 e. The summed E-state index contributed by atoms with van der Waals surface area (Å²) in [5.41, 5.74) is 0. The van der Waals surface area contributed by atoms with E-state index < -0.39 is 0 Å². The molecule has 0 unspecified atom stereocenters. The Morgan fingerprint density at radius 1 is 0.577 bits per heavy atom. The van der Waals surface area contributed by atoms with Gasteiger partial charge in [-0.25, -0.2) is 0 Å². The highest BCUT2D eigenvalue weighted by atomic mass is 32.1. The molecule has 0 aliphatic carbocycles. The van der Waals surface area contributed by atoms with E-state index in [0.717, 1.165) is 9.75 Å². The first-order chi connectivity index (χ1) is 12.7. The Bertz CT molecular complexity index is 1340. The van der Waals surface area contributed by atoms with Gasteiger partial charge in [0.1, 0.15) is 0 Å². The molecule has 122 valence electrons. The molecule has 5 rings (SSSR count). The van der Waals surface area contributed by atoms with E-state index in [9.17, 15) is 0 Å². The van der Waals surface area contributed by atoms with Crippen LogP contribution in [0.2, 0.25) is 0 Å². The first-order valence-electron chi connectivity index (χ1n) is 8.44. The van der Waals surface area contributed by atoms with Gasteiger partial charge in [0.05, 0.1) is 9.75 Å². The molecule has 0 aliphatic rings. The van der Waals surface area contributed by atoms with E-state index in [0.29, 0.717) is 0 Å². The minimum Gasteiger partial charge on any atom is -0.127 e. The summed E-state index contributed by atoms with van der Waals surface area (Å²) in [6, 6.07) is 18.1. The molecule has 5 aromatic rings. The molecule has 0 N–H and O–H groups in total. The van der Waals surface area contributed by atoms with Crippen LogP contribution < -0.4 is 0 Å². The zero-order valence-corrected chi connectivity index (χ0v) is 16.1. The van der Waals surface area contributed by atoms with Crippen molar-refractivity contribution in [1.29, 1.82) is 0 Å². The summed E-state index contributed by atoms with van der Waals surface area (Å²) in [7, 11) is 0. The molecule has 0 spiro atoms. The van der Waals surface area contributed by atoms with Crippen LogP contribution in [0.1, 0.15) is 23.6 Å². The molecule has 0 bridgehead atoms. The summed E-state index contributed by atoms with van der Waals surface area (Å²) >= 11 is 3.54. The lowest BCUT2D eigenvalue weighted by atomic mass is 10.00. The summed E-state index contributed by atoms with van der Waals surface area (Å²) in [5.74, 6) is 12.4. The molecule has 26 heavy (non-hydrogen) atoms. The molecular weight excluding hydrogens is 352 g/mol. The number of fused-ring (bicyclic) bond motifs is 5. The van der Waals surface area contributed by atoms with Gasteiger partial charge in [-0.1, -0.05) is 24.0 Å². The Morgan fingerprint density at radius 3 is 1.46 bits per heavy atom. The predicted molar refractivity (Wildman–Crippen MR) is 117 cm³/mol. The lowest BCUT2D eigenvalue weighted by molar-refractivity contribution is 1.86. The molecule has 0 fully saturated rings. The van der Waals surface area contributed by atoms with Crippen molar-refractivity contribution in [2.75, 3.05) is 0 Å². The minimum absolute atomic E-state index is 1.13. The SMILES string of the molecule is CC#Cc1cc2cc3ccc4cc5cc(C#CC)sc5cc4c3cc2s1. The third-order valence-corrected chi connectivity index (χ3v) is 6.63. The topological polar surface area (TPSA) is 0 Å². The molecular formula is C24H14S2. The summed E-state index contributed by atoms with van der Waals surface area (Å²) in [4.78, 5) is 2.26. The van der Waals surface area contributed by atoms with E-state index in [1.54, 1.807) is 22.7 Å². The second-order valence-electron chi connectivity index (χ2n) is 6.26.